The summed E-state index contributed by atoms with van der Waals surface area (Å²) in [4.78, 5) is 26.1. The molecule has 0 aliphatic carbocycles. The molecule has 90 valence electrons. The van der Waals surface area contributed by atoms with Gasteiger partial charge in [0.05, 0.1) is 0 Å². The van der Waals surface area contributed by atoms with E-state index in [0.29, 0.717) is 0 Å². The minimum absolute atomic E-state index is 0.130. The number of hydrogen-bond acceptors (Lipinski definition) is 3. The lowest BCUT2D eigenvalue weighted by Crippen LogP contribution is -2.34. The standard InChI is InChI=1S/C9H11F3O3Si/c10-7-4-6(5-8(11)9(7)12)2-1-3-16(13,14)15/h4-5,13-15H,1-3H2. The van der Waals surface area contributed by atoms with E-state index < -0.39 is 26.3 Å². The van der Waals surface area contributed by atoms with Crippen molar-refractivity contribution in [2.45, 2.75) is 18.9 Å². The topological polar surface area (TPSA) is 60.7 Å². The minimum atomic E-state index is -4.11. The molecule has 1 aromatic rings. The Kier molecular flexibility index (Phi) is 4.08. The van der Waals surface area contributed by atoms with Crippen LogP contribution in [0.5, 0.6) is 0 Å². The number of benzene rings is 1. The van der Waals surface area contributed by atoms with Crippen LogP contribution < -0.4 is 0 Å². The second-order valence-corrected chi connectivity index (χ2v) is 5.55. The van der Waals surface area contributed by atoms with E-state index in [1.54, 1.807) is 0 Å². The zero-order valence-electron chi connectivity index (χ0n) is 8.25. The van der Waals surface area contributed by atoms with E-state index >= 15 is 0 Å². The first kappa shape index (κ1) is 13.2. The third-order valence-electron chi connectivity index (χ3n) is 2.02. The third kappa shape index (κ3) is 3.93. The molecule has 0 bridgehead atoms. The lowest BCUT2D eigenvalue weighted by molar-refractivity contribution is 0.226. The Morgan fingerprint density at radius 2 is 1.50 bits per heavy atom. The fourth-order valence-corrected chi connectivity index (χ4v) is 1.93. The SMILES string of the molecule is O[Si](O)(O)CCCc1cc(F)c(F)c(F)c1. The lowest BCUT2D eigenvalue weighted by Gasteiger charge is -2.08. The summed E-state index contributed by atoms with van der Waals surface area (Å²) < 4.78 is 38.1. The first-order chi connectivity index (χ1) is 7.29. The fraction of sp³-hybridized carbons (Fsp3) is 0.333. The van der Waals surface area contributed by atoms with Crippen molar-refractivity contribution in [3.05, 3.63) is 35.1 Å². The summed E-state index contributed by atoms with van der Waals surface area (Å²) in [7, 11) is -4.11. The third-order valence-corrected chi connectivity index (χ3v) is 3.05. The molecule has 0 saturated carbocycles. The summed E-state index contributed by atoms with van der Waals surface area (Å²) in [5.41, 5.74) is 0.203. The van der Waals surface area contributed by atoms with Crippen molar-refractivity contribution in [1.82, 2.24) is 0 Å². The van der Waals surface area contributed by atoms with Crippen LogP contribution in [0.3, 0.4) is 0 Å². The van der Waals surface area contributed by atoms with Crippen molar-refractivity contribution in [1.29, 1.82) is 0 Å². The molecule has 0 radical (unpaired) electrons. The quantitative estimate of drug-likeness (QED) is 0.552. The molecule has 0 saturated heterocycles. The molecule has 0 heterocycles. The van der Waals surface area contributed by atoms with Gasteiger partial charge in [-0.3, -0.25) is 0 Å². The van der Waals surface area contributed by atoms with Crippen LogP contribution in [0.4, 0.5) is 13.2 Å². The Labute approximate surface area is 91.2 Å². The zero-order chi connectivity index (χ0) is 12.3. The van der Waals surface area contributed by atoms with E-state index in [0.717, 1.165) is 12.1 Å². The van der Waals surface area contributed by atoms with Crippen LogP contribution in [0.1, 0.15) is 12.0 Å². The molecule has 0 unspecified atom stereocenters. The Morgan fingerprint density at radius 3 is 1.94 bits per heavy atom. The molecule has 16 heavy (non-hydrogen) atoms. The summed E-state index contributed by atoms with van der Waals surface area (Å²) >= 11 is 0. The summed E-state index contributed by atoms with van der Waals surface area (Å²) in [5, 5.41) is 0. The van der Waals surface area contributed by atoms with Crippen LogP contribution in [-0.4, -0.2) is 23.2 Å². The van der Waals surface area contributed by atoms with Crippen LogP contribution in [0.25, 0.3) is 0 Å². The molecular weight excluding hydrogens is 241 g/mol. The highest BCUT2D eigenvalue weighted by atomic mass is 28.4. The van der Waals surface area contributed by atoms with Gasteiger partial charge in [0.25, 0.3) is 0 Å². The molecule has 0 spiro atoms. The van der Waals surface area contributed by atoms with E-state index in [2.05, 4.69) is 0 Å². The number of rotatable bonds is 4. The molecule has 7 heteroatoms. The monoisotopic (exact) mass is 252 g/mol. The number of hydrogen-bond donors (Lipinski definition) is 3. The Hall–Kier alpha value is -0.893. The maximum atomic E-state index is 12.7. The average Bonchev–Trinajstić information content (AvgIpc) is 2.12. The van der Waals surface area contributed by atoms with Gasteiger partial charge in [-0.15, -0.1) is 0 Å². The molecule has 1 rings (SSSR count). The normalized spacial score (nSPS) is 11.9. The van der Waals surface area contributed by atoms with E-state index in [-0.39, 0.29) is 24.4 Å². The largest absolute Gasteiger partial charge is 0.492 e. The average molecular weight is 252 g/mol. The molecule has 0 amide bonds. The highest BCUT2D eigenvalue weighted by Gasteiger charge is 2.25. The highest BCUT2D eigenvalue weighted by Crippen LogP contribution is 2.16. The Balaban J connectivity index is 2.62. The van der Waals surface area contributed by atoms with Crippen LogP contribution >= 0.6 is 0 Å². The predicted octanol–water partition coefficient (Wildman–Crippen LogP) is 0.952. The Bertz CT molecular complexity index is 356. The van der Waals surface area contributed by atoms with Gasteiger partial charge >= 0.3 is 8.80 Å². The van der Waals surface area contributed by atoms with Crippen LogP contribution in [0.15, 0.2) is 12.1 Å². The molecule has 3 nitrogen and oxygen atoms in total. The highest BCUT2D eigenvalue weighted by molar-refractivity contribution is 6.56. The lowest BCUT2D eigenvalue weighted by atomic mass is 10.1. The van der Waals surface area contributed by atoms with Crippen molar-refractivity contribution in [2.24, 2.45) is 0 Å². The summed E-state index contributed by atoms with van der Waals surface area (Å²) in [6.45, 7) is 0. The van der Waals surface area contributed by atoms with Gasteiger partial charge in [-0.2, -0.15) is 0 Å². The van der Waals surface area contributed by atoms with Crippen LogP contribution in [-0.2, 0) is 6.42 Å². The molecule has 0 aromatic heterocycles. The maximum Gasteiger partial charge on any atom is 0.492 e. The molecule has 0 fully saturated rings. The van der Waals surface area contributed by atoms with E-state index in [1.165, 1.54) is 0 Å². The van der Waals surface area contributed by atoms with Crippen LogP contribution in [0, 0.1) is 17.5 Å². The molecule has 1 aromatic carbocycles. The van der Waals surface area contributed by atoms with Crippen molar-refractivity contribution < 1.29 is 27.6 Å². The van der Waals surface area contributed by atoms with E-state index in [4.69, 9.17) is 14.4 Å². The molecular formula is C9H11F3O3Si. The van der Waals surface area contributed by atoms with Gasteiger partial charge in [0.1, 0.15) is 0 Å². The molecule has 3 N–H and O–H groups in total. The second kappa shape index (κ2) is 4.96. The van der Waals surface area contributed by atoms with Crippen molar-refractivity contribution in [2.75, 3.05) is 0 Å². The second-order valence-electron chi connectivity index (χ2n) is 3.50. The van der Waals surface area contributed by atoms with Crippen molar-refractivity contribution in [3.8, 4) is 0 Å². The van der Waals surface area contributed by atoms with Crippen LogP contribution in [0.2, 0.25) is 6.04 Å². The van der Waals surface area contributed by atoms with Crippen molar-refractivity contribution >= 4 is 8.80 Å². The predicted molar refractivity (Wildman–Crippen MR) is 51.9 cm³/mol. The first-order valence-corrected chi connectivity index (χ1v) is 6.65. The molecule has 0 atom stereocenters. The van der Waals surface area contributed by atoms with Gasteiger partial charge in [-0.25, -0.2) is 13.2 Å². The summed E-state index contributed by atoms with van der Waals surface area (Å²) in [6, 6.07) is 1.45. The smallest absolute Gasteiger partial charge is 0.390 e. The Morgan fingerprint density at radius 1 is 1.00 bits per heavy atom. The van der Waals surface area contributed by atoms with Gasteiger partial charge in [0.2, 0.25) is 0 Å². The first-order valence-electron chi connectivity index (χ1n) is 4.60. The summed E-state index contributed by atoms with van der Waals surface area (Å²) in [6.07, 6.45) is 0.283. The van der Waals surface area contributed by atoms with Gasteiger partial charge in [0.15, 0.2) is 17.5 Å². The number of aryl methyl sites for hydroxylation is 1. The molecule has 0 aliphatic heterocycles. The van der Waals surface area contributed by atoms with E-state index in [1.807, 2.05) is 0 Å². The van der Waals surface area contributed by atoms with Gasteiger partial charge in [0, 0.05) is 6.04 Å². The van der Waals surface area contributed by atoms with Crippen molar-refractivity contribution in [3.63, 3.8) is 0 Å². The zero-order valence-corrected chi connectivity index (χ0v) is 9.25. The van der Waals surface area contributed by atoms with Gasteiger partial charge < -0.3 is 14.4 Å². The molecule has 0 aliphatic rings. The minimum Gasteiger partial charge on any atom is -0.390 e. The van der Waals surface area contributed by atoms with E-state index in [9.17, 15) is 13.2 Å². The van der Waals surface area contributed by atoms with Gasteiger partial charge in [-0.1, -0.05) is 0 Å². The summed E-state index contributed by atoms with van der Waals surface area (Å²) in [5.74, 6) is -4.09. The van der Waals surface area contributed by atoms with Gasteiger partial charge in [-0.05, 0) is 30.5 Å². The number of halogens is 3. The maximum absolute atomic E-state index is 12.7. The fourth-order valence-electron chi connectivity index (χ4n) is 1.28.